The Morgan fingerprint density at radius 1 is 0.542 bits per heavy atom. The predicted octanol–water partition coefficient (Wildman–Crippen LogP) is 12.2. The molecule has 6 N–H and O–H groups in total. The Morgan fingerprint density at radius 3 is 1.55 bits per heavy atom. The minimum Gasteiger partial charge on any atom is -0.493 e. The van der Waals surface area contributed by atoms with Crippen LogP contribution in [0.5, 0.6) is 11.5 Å². The SMILES string of the molecule is C=CC(=O)Nc1ccc(C(=O)Nc2cc3cc(c2)Nc2nccc(n2)-c2cccc(c2)OCC/C=C/CN(C)C3)cc1.C=CC(=O)Nc1ccc(C(=O)Nc2cc3cc(c2)Nc2nccc(n2)-c2cccc(c2)OCC/C=C/COC3)cc1. The molecule has 2 aliphatic heterocycles. The number of hydrogen-bond acceptors (Lipinski definition) is 14. The molecule has 18 nitrogen and oxygen atoms in total. The van der Waals surface area contributed by atoms with Crippen molar-refractivity contribution in [1.82, 2.24) is 24.8 Å². The molecular weight excluding hydrogens is 1050 g/mol. The van der Waals surface area contributed by atoms with Crippen molar-refractivity contribution in [1.29, 1.82) is 0 Å². The number of amides is 4. The van der Waals surface area contributed by atoms with Gasteiger partial charge in [0.25, 0.3) is 11.8 Å². The fourth-order valence-corrected chi connectivity index (χ4v) is 8.63. The Balaban J connectivity index is 0.000000200. The zero-order valence-corrected chi connectivity index (χ0v) is 45.6. The summed E-state index contributed by atoms with van der Waals surface area (Å²) in [4.78, 5) is 69.7. The van der Waals surface area contributed by atoms with E-state index in [0.29, 0.717) is 84.4 Å². The van der Waals surface area contributed by atoms with Crippen LogP contribution < -0.4 is 41.4 Å². The maximum atomic E-state index is 13.1. The molecule has 8 aromatic rings. The van der Waals surface area contributed by atoms with Crippen molar-refractivity contribution in [2.45, 2.75) is 26.0 Å². The summed E-state index contributed by atoms with van der Waals surface area (Å²) in [5.74, 6) is 1.19. The Labute approximate surface area is 481 Å². The third kappa shape index (κ3) is 17.2. The van der Waals surface area contributed by atoms with Gasteiger partial charge in [-0.3, -0.25) is 24.1 Å². The zero-order valence-electron chi connectivity index (χ0n) is 45.6. The second-order valence-corrected chi connectivity index (χ2v) is 19.1. The zero-order chi connectivity index (χ0) is 57.8. The standard InChI is InChI=1S/C33H32N6O3.C32H29N5O4/c1-3-31(40)35-26-12-10-24(11-13-26)32(41)36-27-18-23-19-28(21-27)37-33-34-15-14-30(38-33)25-8-7-9-29(20-25)42-17-6-4-5-16-39(2)22-23;1-2-30(38)34-25-11-9-23(10-12-25)31(39)35-26-17-22-18-27(20-26)36-32-33-14-13-29(37-32)24-7-6-8-28(19-24)41-16-5-3-4-15-40-21-22/h3-5,7-15,18-21H,1,6,16-17,22H2,2H3,(H,35,40)(H,36,41)(H,34,37,38);2-4,6-14,17-20H,1,5,15-16,21H2,(H,34,38)(H,35,39)(H,33,36,37)/b5-4+;4-3+. The summed E-state index contributed by atoms with van der Waals surface area (Å²) in [5, 5.41) is 17.9. The summed E-state index contributed by atoms with van der Waals surface area (Å²) >= 11 is 0. The van der Waals surface area contributed by atoms with Crippen molar-refractivity contribution < 1.29 is 33.4 Å². The van der Waals surface area contributed by atoms with Crippen molar-refractivity contribution in [2.75, 3.05) is 65.3 Å². The first-order chi connectivity index (χ1) is 40.5. The fraction of sp³-hybridized carbons (Fsp3) is 0.138. The van der Waals surface area contributed by atoms with Gasteiger partial charge in [0.15, 0.2) is 0 Å². The Hall–Kier alpha value is -10.6. The van der Waals surface area contributed by atoms with Gasteiger partial charge in [0.2, 0.25) is 23.7 Å². The molecule has 83 heavy (non-hydrogen) atoms. The first kappa shape index (κ1) is 57.1. The van der Waals surface area contributed by atoms with E-state index in [1.54, 1.807) is 60.9 Å². The van der Waals surface area contributed by atoms with Crippen LogP contribution in [0.2, 0.25) is 0 Å². The van der Waals surface area contributed by atoms with Crippen molar-refractivity contribution in [2.24, 2.45) is 0 Å². The van der Waals surface area contributed by atoms with E-state index in [-0.39, 0.29) is 23.6 Å². The highest BCUT2D eigenvalue weighted by atomic mass is 16.5. The van der Waals surface area contributed by atoms with Crippen LogP contribution in [0.15, 0.2) is 208 Å². The number of aromatic nitrogens is 4. The number of fused-ring (bicyclic) bond motifs is 14. The van der Waals surface area contributed by atoms with Gasteiger partial charge in [0.05, 0.1) is 37.8 Å². The predicted molar refractivity (Wildman–Crippen MR) is 325 cm³/mol. The van der Waals surface area contributed by atoms with E-state index in [4.69, 9.17) is 24.2 Å². The lowest BCUT2D eigenvalue weighted by atomic mass is 10.1. The molecule has 418 valence electrons. The summed E-state index contributed by atoms with van der Waals surface area (Å²) in [6.45, 7) is 10.2. The third-order valence-electron chi connectivity index (χ3n) is 12.6. The molecule has 2 aromatic heterocycles. The highest BCUT2D eigenvalue weighted by Gasteiger charge is 2.15. The number of carbonyl (C=O) groups is 4. The molecule has 6 aromatic carbocycles. The summed E-state index contributed by atoms with van der Waals surface area (Å²) < 4.78 is 17.7. The number of hydrogen-bond donors (Lipinski definition) is 6. The Morgan fingerprint density at radius 2 is 1.04 bits per heavy atom. The molecule has 0 saturated carbocycles. The molecule has 18 heteroatoms. The van der Waals surface area contributed by atoms with Crippen molar-refractivity contribution in [3.63, 3.8) is 0 Å². The highest BCUT2D eigenvalue weighted by molar-refractivity contribution is 6.06. The second kappa shape index (κ2) is 28.5. The molecule has 4 heterocycles. The summed E-state index contributed by atoms with van der Waals surface area (Å²) in [6, 6.07) is 44.0. The van der Waals surface area contributed by atoms with Crippen molar-refractivity contribution in [3.05, 3.63) is 230 Å². The van der Waals surface area contributed by atoms with Gasteiger partial charge in [-0.05, 0) is 164 Å². The smallest absolute Gasteiger partial charge is 0.255 e. The molecule has 0 fully saturated rings. The van der Waals surface area contributed by atoms with Crippen LogP contribution in [-0.2, 0) is 27.5 Å². The minimum atomic E-state index is -0.322. The number of carbonyl (C=O) groups excluding carboxylic acids is 4. The van der Waals surface area contributed by atoms with Crippen LogP contribution in [0.25, 0.3) is 22.5 Å². The van der Waals surface area contributed by atoms with Crippen LogP contribution in [0.1, 0.15) is 44.7 Å². The quantitative estimate of drug-likeness (QED) is 0.0615. The first-order valence-corrected chi connectivity index (χ1v) is 26.7. The lowest BCUT2D eigenvalue weighted by molar-refractivity contribution is -0.112. The molecule has 0 unspecified atom stereocenters. The Kier molecular flexibility index (Phi) is 19.6. The summed E-state index contributed by atoms with van der Waals surface area (Å²) in [6.07, 6.45) is 15.6. The minimum absolute atomic E-state index is 0.272. The van der Waals surface area contributed by atoms with E-state index in [0.717, 1.165) is 70.2 Å². The molecule has 2 aliphatic rings. The lowest BCUT2D eigenvalue weighted by Gasteiger charge is -2.17. The maximum absolute atomic E-state index is 13.1. The average molecular weight is 1110 g/mol. The van der Waals surface area contributed by atoms with Crippen molar-refractivity contribution >= 4 is 69.6 Å². The van der Waals surface area contributed by atoms with E-state index in [2.05, 4.69) is 72.1 Å². The summed E-state index contributed by atoms with van der Waals surface area (Å²) in [5.41, 5.74) is 9.87. The molecule has 0 spiro atoms. The number of nitrogens with zero attached hydrogens (tertiary/aromatic N) is 5. The number of anilines is 8. The van der Waals surface area contributed by atoms with Gasteiger partial charge < -0.3 is 46.1 Å². The normalized spacial score (nSPS) is 14.0. The van der Waals surface area contributed by atoms with Gasteiger partial charge in [-0.1, -0.05) is 61.7 Å². The molecule has 12 bridgehead atoms. The highest BCUT2D eigenvalue weighted by Crippen LogP contribution is 2.29. The largest absolute Gasteiger partial charge is 0.493 e. The number of nitrogens with one attached hydrogen (secondary N) is 6. The molecule has 0 saturated heterocycles. The van der Waals surface area contributed by atoms with Crippen LogP contribution in [0.3, 0.4) is 0 Å². The monoisotopic (exact) mass is 1110 g/mol. The van der Waals surface area contributed by atoms with Crippen molar-refractivity contribution in [3.8, 4) is 34.0 Å². The lowest BCUT2D eigenvalue weighted by Crippen LogP contribution is -2.18. The molecular formula is C65H61N11O7. The molecule has 4 amide bonds. The van der Waals surface area contributed by atoms with Gasteiger partial charge in [0.1, 0.15) is 11.5 Å². The van der Waals surface area contributed by atoms with Gasteiger partial charge in [-0.15, -0.1) is 0 Å². The second-order valence-electron chi connectivity index (χ2n) is 19.1. The van der Waals surface area contributed by atoms with E-state index >= 15 is 0 Å². The van der Waals surface area contributed by atoms with Gasteiger partial charge in [0, 0.05) is 81.9 Å². The van der Waals surface area contributed by atoms with Gasteiger partial charge in [-0.25, -0.2) is 19.9 Å². The fourth-order valence-electron chi connectivity index (χ4n) is 8.63. The van der Waals surface area contributed by atoms with Crippen LogP contribution in [0.4, 0.5) is 46.0 Å². The number of likely N-dealkylation sites (N-methyl/N-ethyl adjacent to an activating group) is 1. The Bertz CT molecular complexity index is 3680. The first-order valence-electron chi connectivity index (χ1n) is 26.7. The molecule has 0 atom stereocenters. The van der Waals surface area contributed by atoms with Gasteiger partial charge in [-0.2, -0.15) is 0 Å². The average Bonchev–Trinajstić information content (AvgIpc) is 3.59. The summed E-state index contributed by atoms with van der Waals surface area (Å²) in [7, 11) is 2.04. The molecule has 0 aliphatic carbocycles. The maximum Gasteiger partial charge on any atom is 0.255 e. The van der Waals surface area contributed by atoms with Crippen LogP contribution >= 0.6 is 0 Å². The van der Waals surface area contributed by atoms with Crippen LogP contribution in [-0.4, -0.2) is 81.9 Å². The topological polar surface area (TPSA) is 223 Å². The van der Waals surface area contributed by atoms with E-state index in [9.17, 15) is 19.2 Å². The number of benzene rings is 6. The number of ether oxygens (including phenoxy) is 3. The van der Waals surface area contributed by atoms with Gasteiger partial charge >= 0.3 is 0 Å². The molecule has 0 radical (unpaired) electrons. The van der Waals surface area contributed by atoms with E-state index in [1.807, 2.05) is 116 Å². The third-order valence-corrected chi connectivity index (χ3v) is 12.6. The van der Waals surface area contributed by atoms with E-state index in [1.165, 1.54) is 12.2 Å². The molecule has 10 rings (SSSR count). The van der Waals surface area contributed by atoms with Crippen LogP contribution in [0, 0.1) is 0 Å². The number of rotatable bonds is 8. The van der Waals surface area contributed by atoms with E-state index < -0.39 is 0 Å².